The van der Waals surface area contributed by atoms with E-state index in [2.05, 4.69) is 61.1 Å². The van der Waals surface area contributed by atoms with E-state index in [-0.39, 0.29) is 5.96 Å². The van der Waals surface area contributed by atoms with Crippen LogP contribution in [0.15, 0.2) is 29.3 Å². The van der Waals surface area contributed by atoms with Crippen LogP contribution in [-0.4, -0.2) is 42.5 Å². The minimum absolute atomic E-state index is 0.0155. The second-order valence-electron chi connectivity index (χ2n) is 9.04. The summed E-state index contributed by atoms with van der Waals surface area (Å²) >= 11 is 2.11. The third-order valence-corrected chi connectivity index (χ3v) is 4.69. The molecule has 1 aromatic carbocycles. The number of aryl methyl sites for hydroxylation is 1. The number of aliphatic imine (C=N–C) groups is 1. The van der Waals surface area contributed by atoms with Gasteiger partial charge in [-0.15, -0.1) is 0 Å². The van der Waals surface area contributed by atoms with Crippen molar-refractivity contribution >= 4 is 48.6 Å². The summed E-state index contributed by atoms with van der Waals surface area (Å²) in [4.78, 5) is 28.6. The predicted molar refractivity (Wildman–Crippen MR) is 137 cm³/mol. The highest BCUT2D eigenvalue weighted by Crippen LogP contribution is 2.14. The monoisotopic (exact) mass is 579 g/mol. The molecule has 180 valence electrons. The lowest BCUT2D eigenvalue weighted by Crippen LogP contribution is -2.47. The Kier molecular flexibility index (Phi) is 12.4. The van der Waals surface area contributed by atoms with E-state index in [0.29, 0.717) is 13.0 Å². The number of nitrogens with zero attached hydrogens (tertiary/aromatic N) is 1. The molecule has 1 rings (SSSR count). The summed E-state index contributed by atoms with van der Waals surface area (Å²) in [5.41, 5.74) is 0.997. The SMILES string of the molecule is CC(C)(C)OC(=O)NC(=NCCc1ccc(CCCOSI)cc1)NC(=O)OC(C)(C)C. The van der Waals surface area contributed by atoms with Gasteiger partial charge in [-0.1, -0.05) is 24.3 Å². The topological polar surface area (TPSA) is 98.3 Å². The number of nitrogens with one attached hydrogen (secondary N) is 2. The maximum absolute atomic E-state index is 12.1. The molecule has 0 atom stereocenters. The lowest BCUT2D eigenvalue weighted by molar-refractivity contribution is 0.0545. The number of rotatable bonds is 8. The van der Waals surface area contributed by atoms with Crippen LogP contribution >= 0.6 is 30.4 Å². The first-order valence-electron chi connectivity index (χ1n) is 10.4. The normalized spacial score (nSPS) is 11.5. The predicted octanol–water partition coefficient (Wildman–Crippen LogP) is 5.58. The quantitative estimate of drug-likeness (QED) is 0.137. The number of guanidine groups is 1. The number of benzene rings is 1. The number of ether oxygens (including phenoxy) is 2. The Hall–Kier alpha value is -1.53. The van der Waals surface area contributed by atoms with Gasteiger partial charge in [0.1, 0.15) is 11.2 Å². The van der Waals surface area contributed by atoms with Crippen molar-refractivity contribution < 1.29 is 23.2 Å². The van der Waals surface area contributed by atoms with Crippen molar-refractivity contribution in [2.45, 2.75) is 72.0 Å². The number of hydrogen-bond acceptors (Lipinski definition) is 7. The first-order chi connectivity index (χ1) is 14.9. The second kappa shape index (κ2) is 13.9. The largest absolute Gasteiger partial charge is 0.444 e. The van der Waals surface area contributed by atoms with E-state index in [0.717, 1.165) is 25.0 Å². The Bertz CT molecular complexity index is 726. The van der Waals surface area contributed by atoms with Crippen LogP contribution in [0.25, 0.3) is 0 Å². The van der Waals surface area contributed by atoms with Crippen molar-refractivity contribution in [2.24, 2.45) is 4.99 Å². The van der Waals surface area contributed by atoms with Gasteiger partial charge in [-0.25, -0.2) is 9.59 Å². The lowest BCUT2D eigenvalue weighted by atomic mass is 10.1. The first kappa shape index (κ1) is 28.5. The van der Waals surface area contributed by atoms with Crippen LogP contribution in [0.5, 0.6) is 0 Å². The zero-order valence-electron chi connectivity index (χ0n) is 19.6. The van der Waals surface area contributed by atoms with Crippen LogP contribution in [0.3, 0.4) is 0 Å². The van der Waals surface area contributed by atoms with E-state index < -0.39 is 23.4 Å². The number of carbonyl (C=O) groups is 2. The van der Waals surface area contributed by atoms with Gasteiger partial charge in [0.2, 0.25) is 5.96 Å². The van der Waals surface area contributed by atoms with Gasteiger partial charge in [-0.2, -0.15) is 0 Å². The number of hydrogen-bond donors (Lipinski definition) is 2. The van der Waals surface area contributed by atoms with Gasteiger partial charge in [-0.3, -0.25) is 15.6 Å². The summed E-state index contributed by atoms with van der Waals surface area (Å²) < 4.78 is 15.8. The number of alkyl carbamates (subject to hydrolysis) is 2. The highest BCUT2D eigenvalue weighted by Gasteiger charge is 2.21. The van der Waals surface area contributed by atoms with Crippen molar-refractivity contribution in [2.75, 3.05) is 13.2 Å². The van der Waals surface area contributed by atoms with Gasteiger partial charge in [0.25, 0.3) is 0 Å². The van der Waals surface area contributed by atoms with Crippen molar-refractivity contribution in [3.63, 3.8) is 0 Å². The molecule has 2 amide bonds. The Morgan fingerprint density at radius 1 is 0.906 bits per heavy atom. The molecule has 0 radical (unpaired) electrons. The average molecular weight is 580 g/mol. The molecule has 1 aromatic rings. The summed E-state index contributed by atoms with van der Waals surface area (Å²) in [6.07, 6.45) is 1.16. The molecule has 8 nitrogen and oxygen atoms in total. The van der Waals surface area contributed by atoms with Crippen LogP contribution in [-0.2, 0) is 26.5 Å². The molecule has 0 aliphatic carbocycles. The fourth-order valence-corrected chi connectivity index (χ4v) is 3.17. The van der Waals surface area contributed by atoms with Gasteiger partial charge in [0, 0.05) is 27.8 Å². The Labute approximate surface area is 207 Å². The zero-order chi connectivity index (χ0) is 24.2. The van der Waals surface area contributed by atoms with E-state index in [1.807, 2.05) is 0 Å². The molecule has 0 saturated heterocycles. The molecular formula is C22H34IN3O5S. The summed E-state index contributed by atoms with van der Waals surface area (Å²) in [6, 6.07) is 8.30. The average Bonchev–Trinajstić information content (AvgIpc) is 2.63. The minimum Gasteiger partial charge on any atom is -0.444 e. The van der Waals surface area contributed by atoms with E-state index >= 15 is 0 Å². The van der Waals surface area contributed by atoms with Gasteiger partial charge < -0.3 is 13.7 Å². The number of amides is 2. The summed E-state index contributed by atoms with van der Waals surface area (Å²) in [5, 5.41) is 4.96. The van der Waals surface area contributed by atoms with Gasteiger partial charge in [-0.05, 0) is 71.9 Å². The molecule has 0 heterocycles. The fourth-order valence-electron chi connectivity index (χ4n) is 2.45. The van der Waals surface area contributed by atoms with Crippen molar-refractivity contribution in [3.05, 3.63) is 35.4 Å². The third-order valence-electron chi connectivity index (χ3n) is 3.67. The lowest BCUT2D eigenvalue weighted by Gasteiger charge is -2.22. The van der Waals surface area contributed by atoms with Gasteiger partial charge >= 0.3 is 12.2 Å². The van der Waals surface area contributed by atoms with Gasteiger partial charge in [0.15, 0.2) is 0 Å². The molecule has 0 spiro atoms. The molecule has 0 aliphatic heterocycles. The van der Waals surface area contributed by atoms with Gasteiger partial charge in [0.05, 0.1) is 15.8 Å². The van der Waals surface area contributed by atoms with Crippen molar-refractivity contribution in [1.29, 1.82) is 0 Å². The van der Waals surface area contributed by atoms with E-state index in [1.54, 1.807) is 41.5 Å². The Morgan fingerprint density at radius 3 is 1.81 bits per heavy atom. The Balaban J connectivity index is 2.70. The fraction of sp³-hybridized carbons (Fsp3) is 0.591. The molecule has 0 fully saturated rings. The third kappa shape index (κ3) is 14.5. The summed E-state index contributed by atoms with van der Waals surface area (Å²) in [6.45, 7) is 11.6. The number of halogens is 1. The van der Waals surface area contributed by atoms with Crippen LogP contribution in [0.4, 0.5) is 9.59 Å². The number of carbonyl (C=O) groups excluding carboxylic acids is 2. The summed E-state index contributed by atoms with van der Waals surface area (Å²) in [7, 11) is 1.35. The van der Waals surface area contributed by atoms with Crippen molar-refractivity contribution in [3.8, 4) is 0 Å². The molecule has 0 bridgehead atoms. The molecule has 0 aromatic heterocycles. The van der Waals surface area contributed by atoms with E-state index in [1.165, 1.54) is 14.8 Å². The van der Waals surface area contributed by atoms with E-state index in [9.17, 15) is 9.59 Å². The highest BCUT2D eigenvalue weighted by molar-refractivity contribution is 14.2. The maximum Gasteiger partial charge on any atom is 0.414 e. The van der Waals surface area contributed by atoms with Crippen LogP contribution in [0, 0.1) is 0 Å². The summed E-state index contributed by atoms with van der Waals surface area (Å²) in [5.74, 6) is -0.0155. The molecule has 32 heavy (non-hydrogen) atoms. The first-order valence-corrected chi connectivity index (χ1v) is 13.7. The molecule has 0 unspecified atom stereocenters. The van der Waals surface area contributed by atoms with Crippen LogP contribution in [0.1, 0.15) is 59.1 Å². The van der Waals surface area contributed by atoms with Crippen LogP contribution < -0.4 is 10.6 Å². The van der Waals surface area contributed by atoms with E-state index in [4.69, 9.17) is 13.7 Å². The molecule has 2 N–H and O–H groups in total. The second-order valence-corrected chi connectivity index (χ2v) is 10.5. The minimum atomic E-state index is -0.707. The standard InChI is InChI=1S/C22H34IN3O5S/c1-21(2,3)30-19(27)25-18(26-20(28)31-22(4,5)6)24-14-13-17-11-9-16(10-12-17)8-7-15-29-32-23/h9-12H,7-8,13-15H2,1-6H3,(H2,24,25,26,27,28). The highest BCUT2D eigenvalue weighted by atomic mass is 127. The smallest absolute Gasteiger partial charge is 0.414 e. The molecule has 0 aliphatic rings. The maximum atomic E-state index is 12.1. The Morgan fingerprint density at radius 2 is 1.38 bits per heavy atom. The molecule has 10 heteroatoms. The van der Waals surface area contributed by atoms with Crippen molar-refractivity contribution in [1.82, 2.24) is 10.6 Å². The van der Waals surface area contributed by atoms with Crippen LogP contribution in [0.2, 0.25) is 0 Å². The molecule has 0 saturated carbocycles. The zero-order valence-corrected chi connectivity index (χ0v) is 22.6. The molecular weight excluding hydrogens is 545 g/mol.